The van der Waals surface area contributed by atoms with Crippen LogP contribution in [-0.4, -0.2) is 51.1 Å². The molecule has 0 aliphatic carbocycles. The first-order chi connectivity index (χ1) is 20.3. The minimum Gasteiger partial charge on any atom is -0.496 e. The van der Waals surface area contributed by atoms with Crippen molar-refractivity contribution in [3.63, 3.8) is 0 Å². The predicted molar refractivity (Wildman–Crippen MR) is 160 cm³/mol. The van der Waals surface area contributed by atoms with Crippen molar-refractivity contribution in [3.8, 4) is 28.0 Å². The SMILES string of the molecule is COc1cc(-c2cccc(-c3cccc(Nc4ncnc5cccnc45)c3C)c2C)cc(F)c1CN1CC(C(=O)O)C1. The Bertz CT molecular complexity index is 1810. The lowest BCUT2D eigenvalue weighted by Crippen LogP contribution is -2.49. The van der Waals surface area contributed by atoms with Crippen LogP contribution in [0.3, 0.4) is 0 Å². The number of nitrogens with one attached hydrogen (secondary N) is 1. The highest BCUT2D eigenvalue weighted by molar-refractivity contribution is 5.89. The summed E-state index contributed by atoms with van der Waals surface area (Å²) in [7, 11) is 1.53. The highest BCUT2D eigenvalue weighted by atomic mass is 19.1. The highest BCUT2D eigenvalue weighted by Crippen LogP contribution is 2.39. The zero-order chi connectivity index (χ0) is 29.4. The number of hydrogen-bond acceptors (Lipinski definition) is 7. The van der Waals surface area contributed by atoms with E-state index in [9.17, 15) is 4.79 Å². The zero-order valence-electron chi connectivity index (χ0n) is 23.6. The van der Waals surface area contributed by atoms with E-state index in [0.717, 1.165) is 39.0 Å². The van der Waals surface area contributed by atoms with Gasteiger partial charge in [-0.1, -0.05) is 30.3 Å². The standard InChI is InChI=1S/C33H30FN5O3/c1-19-23(21-13-27(34)26(30(14-21)42-3)17-39-15-22(16-39)33(40)41)7-4-8-24(19)25-9-5-10-28(20(25)2)38-32-31-29(36-18-37-32)11-6-12-35-31/h4-14,18,22H,15-17H2,1-3H3,(H,40,41)(H,36,37,38). The lowest BCUT2D eigenvalue weighted by Gasteiger charge is -2.36. The molecular weight excluding hydrogens is 533 g/mol. The summed E-state index contributed by atoms with van der Waals surface area (Å²) < 4.78 is 21.1. The number of anilines is 2. The highest BCUT2D eigenvalue weighted by Gasteiger charge is 2.33. The number of fused-ring (bicyclic) bond motifs is 1. The maximum atomic E-state index is 15.5. The Labute approximate surface area is 242 Å². The quantitative estimate of drug-likeness (QED) is 0.224. The molecule has 0 saturated carbocycles. The smallest absolute Gasteiger partial charge is 0.309 e. The number of carboxylic acids is 1. The lowest BCUT2D eigenvalue weighted by molar-refractivity contribution is -0.147. The van der Waals surface area contributed by atoms with Crippen molar-refractivity contribution in [1.29, 1.82) is 0 Å². The lowest BCUT2D eigenvalue weighted by atomic mass is 9.90. The van der Waals surface area contributed by atoms with Crippen LogP contribution in [0, 0.1) is 25.6 Å². The Morgan fingerprint density at radius 2 is 1.74 bits per heavy atom. The van der Waals surface area contributed by atoms with Crippen LogP contribution in [0.25, 0.3) is 33.3 Å². The van der Waals surface area contributed by atoms with E-state index in [2.05, 4.69) is 39.3 Å². The summed E-state index contributed by atoms with van der Waals surface area (Å²) in [6.07, 6.45) is 3.24. The molecule has 0 atom stereocenters. The fourth-order valence-electron chi connectivity index (χ4n) is 5.60. The molecule has 1 aliphatic heterocycles. The third-order valence-electron chi connectivity index (χ3n) is 7.98. The van der Waals surface area contributed by atoms with Gasteiger partial charge in [-0.15, -0.1) is 0 Å². The summed E-state index contributed by atoms with van der Waals surface area (Å²) in [5, 5.41) is 12.6. The van der Waals surface area contributed by atoms with Crippen LogP contribution < -0.4 is 10.1 Å². The minimum atomic E-state index is -0.819. The Morgan fingerprint density at radius 3 is 2.50 bits per heavy atom. The largest absolute Gasteiger partial charge is 0.496 e. The zero-order valence-corrected chi connectivity index (χ0v) is 23.6. The van der Waals surface area contributed by atoms with Gasteiger partial charge in [-0.05, 0) is 77.6 Å². The molecular formula is C33H30FN5O3. The van der Waals surface area contributed by atoms with Crippen LogP contribution in [0.4, 0.5) is 15.9 Å². The third kappa shape index (κ3) is 5.03. The number of benzene rings is 3. The Hall–Kier alpha value is -4.89. The van der Waals surface area contributed by atoms with Gasteiger partial charge in [0, 0.05) is 37.1 Å². The number of carbonyl (C=O) groups is 1. The number of halogens is 1. The number of likely N-dealkylation sites (tertiary alicyclic amines) is 1. The van der Waals surface area contributed by atoms with Crippen LogP contribution in [0.15, 0.2) is 73.2 Å². The van der Waals surface area contributed by atoms with Crippen LogP contribution in [0.1, 0.15) is 16.7 Å². The number of methoxy groups -OCH3 is 1. The molecule has 6 rings (SSSR count). The second kappa shape index (κ2) is 11.2. The average molecular weight is 564 g/mol. The van der Waals surface area contributed by atoms with E-state index in [4.69, 9.17) is 9.84 Å². The van der Waals surface area contributed by atoms with Crippen molar-refractivity contribution in [2.45, 2.75) is 20.4 Å². The van der Waals surface area contributed by atoms with Crippen molar-refractivity contribution >= 4 is 28.5 Å². The van der Waals surface area contributed by atoms with E-state index in [0.29, 0.717) is 47.8 Å². The molecule has 3 heterocycles. The Balaban J connectivity index is 1.32. The van der Waals surface area contributed by atoms with E-state index in [1.54, 1.807) is 6.20 Å². The molecule has 0 radical (unpaired) electrons. The second-order valence-electron chi connectivity index (χ2n) is 10.5. The number of hydrogen-bond donors (Lipinski definition) is 2. The first-order valence-electron chi connectivity index (χ1n) is 13.7. The fourth-order valence-corrected chi connectivity index (χ4v) is 5.60. The second-order valence-corrected chi connectivity index (χ2v) is 10.5. The van der Waals surface area contributed by atoms with Gasteiger partial charge in [-0.25, -0.2) is 14.4 Å². The molecule has 8 nitrogen and oxygen atoms in total. The van der Waals surface area contributed by atoms with Gasteiger partial charge in [0.2, 0.25) is 0 Å². The van der Waals surface area contributed by atoms with Gasteiger partial charge in [-0.2, -0.15) is 0 Å². The van der Waals surface area contributed by atoms with E-state index in [1.165, 1.54) is 19.5 Å². The van der Waals surface area contributed by atoms with Crippen LogP contribution in [0.2, 0.25) is 0 Å². The summed E-state index contributed by atoms with van der Waals surface area (Å²) in [6.45, 7) is 5.20. The molecule has 0 unspecified atom stereocenters. The summed E-state index contributed by atoms with van der Waals surface area (Å²) >= 11 is 0. The number of ether oxygens (including phenoxy) is 1. The molecule has 1 fully saturated rings. The maximum Gasteiger partial charge on any atom is 0.309 e. The van der Waals surface area contributed by atoms with E-state index in [-0.39, 0.29) is 5.82 Å². The Morgan fingerprint density at radius 1 is 1.00 bits per heavy atom. The molecule has 1 aliphatic rings. The number of nitrogens with zero attached hydrogens (tertiary/aromatic N) is 4. The summed E-state index contributed by atoms with van der Waals surface area (Å²) in [4.78, 5) is 26.3. The first kappa shape index (κ1) is 27.3. The molecule has 0 spiro atoms. The molecule has 42 heavy (non-hydrogen) atoms. The topological polar surface area (TPSA) is 100 Å². The molecule has 212 valence electrons. The van der Waals surface area contributed by atoms with E-state index < -0.39 is 11.9 Å². The summed E-state index contributed by atoms with van der Waals surface area (Å²) in [5.41, 5.74) is 8.51. The number of pyridine rings is 1. The van der Waals surface area contributed by atoms with Gasteiger partial charge in [0.1, 0.15) is 23.4 Å². The van der Waals surface area contributed by atoms with Gasteiger partial charge in [0.25, 0.3) is 0 Å². The average Bonchev–Trinajstić information content (AvgIpc) is 2.96. The van der Waals surface area contributed by atoms with Gasteiger partial charge < -0.3 is 15.2 Å². The van der Waals surface area contributed by atoms with Gasteiger partial charge in [0.05, 0.1) is 18.5 Å². The number of aromatic nitrogens is 3. The molecule has 3 aromatic carbocycles. The monoisotopic (exact) mass is 563 g/mol. The fraction of sp³-hybridized carbons (Fsp3) is 0.212. The van der Waals surface area contributed by atoms with E-state index >= 15 is 4.39 Å². The van der Waals surface area contributed by atoms with Crippen molar-refractivity contribution in [2.24, 2.45) is 5.92 Å². The molecule has 5 aromatic rings. The van der Waals surface area contributed by atoms with Crippen LogP contribution in [0.5, 0.6) is 5.75 Å². The molecule has 1 saturated heterocycles. The van der Waals surface area contributed by atoms with Crippen LogP contribution in [-0.2, 0) is 11.3 Å². The molecule has 2 N–H and O–H groups in total. The molecule has 2 aromatic heterocycles. The first-order valence-corrected chi connectivity index (χ1v) is 13.7. The molecule has 0 bridgehead atoms. The third-order valence-corrected chi connectivity index (χ3v) is 7.98. The van der Waals surface area contributed by atoms with Crippen molar-refractivity contribution in [3.05, 3.63) is 95.7 Å². The van der Waals surface area contributed by atoms with Crippen molar-refractivity contribution < 1.29 is 19.0 Å². The van der Waals surface area contributed by atoms with E-state index in [1.807, 2.05) is 54.3 Å². The van der Waals surface area contributed by atoms with Crippen LogP contribution >= 0.6 is 0 Å². The summed E-state index contributed by atoms with van der Waals surface area (Å²) in [5.74, 6) is -0.522. The number of carboxylic acid groups (broad SMARTS) is 1. The predicted octanol–water partition coefficient (Wildman–Crippen LogP) is 6.38. The number of rotatable bonds is 8. The number of aliphatic carboxylic acids is 1. The Kier molecular flexibility index (Phi) is 7.26. The van der Waals surface area contributed by atoms with Gasteiger partial charge in [0.15, 0.2) is 5.82 Å². The van der Waals surface area contributed by atoms with Crippen molar-refractivity contribution in [2.75, 3.05) is 25.5 Å². The van der Waals surface area contributed by atoms with Gasteiger partial charge in [-0.3, -0.25) is 14.7 Å². The maximum absolute atomic E-state index is 15.5. The van der Waals surface area contributed by atoms with Crippen molar-refractivity contribution in [1.82, 2.24) is 19.9 Å². The normalized spacial score (nSPS) is 13.6. The summed E-state index contributed by atoms with van der Waals surface area (Å²) in [6, 6.07) is 19.2. The molecule has 9 heteroatoms. The molecule has 0 amide bonds. The minimum absolute atomic E-state index is 0.300. The van der Waals surface area contributed by atoms with Gasteiger partial charge >= 0.3 is 5.97 Å².